The lowest BCUT2D eigenvalue weighted by atomic mass is 9.99. The minimum Gasteiger partial charge on any atom is -0.351 e. The summed E-state index contributed by atoms with van der Waals surface area (Å²) in [5, 5.41) is 2.93. The molecule has 0 spiro atoms. The molecule has 2 heterocycles. The van der Waals surface area contributed by atoms with Crippen molar-refractivity contribution < 1.29 is 18.4 Å². The minimum absolute atomic E-state index is 0.0182. The van der Waals surface area contributed by atoms with Gasteiger partial charge in [-0.3, -0.25) is 9.59 Å². The molecule has 112 valence electrons. The Balaban J connectivity index is 1.74. The highest BCUT2D eigenvalue weighted by Gasteiger charge is 2.37. The first kappa shape index (κ1) is 14.0. The Kier molecular flexibility index (Phi) is 3.61. The number of benzene rings is 1. The van der Waals surface area contributed by atoms with Crippen LogP contribution in [0.5, 0.6) is 0 Å². The van der Waals surface area contributed by atoms with Gasteiger partial charge in [0.25, 0.3) is 5.91 Å². The number of carbonyl (C=O) groups is 2. The molecule has 2 aliphatic heterocycles. The Morgan fingerprint density at radius 1 is 1.24 bits per heavy atom. The molecule has 2 fully saturated rings. The lowest BCUT2D eigenvalue weighted by Gasteiger charge is -2.17. The summed E-state index contributed by atoms with van der Waals surface area (Å²) in [6.07, 6.45) is 2.25. The van der Waals surface area contributed by atoms with Gasteiger partial charge in [0.1, 0.15) is 0 Å². The predicted molar refractivity (Wildman–Crippen MR) is 71.5 cm³/mol. The van der Waals surface area contributed by atoms with E-state index in [1.54, 1.807) is 4.90 Å². The first-order valence-corrected chi connectivity index (χ1v) is 7.08. The smallest absolute Gasteiger partial charge is 0.254 e. The molecule has 2 aliphatic rings. The van der Waals surface area contributed by atoms with Crippen LogP contribution >= 0.6 is 0 Å². The van der Waals surface area contributed by atoms with Gasteiger partial charge in [-0.15, -0.1) is 0 Å². The molecule has 6 heteroatoms. The van der Waals surface area contributed by atoms with Crippen molar-refractivity contribution in [2.75, 3.05) is 13.1 Å². The zero-order valence-electron chi connectivity index (χ0n) is 11.4. The highest BCUT2D eigenvalue weighted by molar-refractivity contribution is 5.94. The summed E-state index contributed by atoms with van der Waals surface area (Å²) >= 11 is 0. The molecular weight excluding hydrogens is 278 g/mol. The molecular formula is C15H16F2N2O2. The van der Waals surface area contributed by atoms with Gasteiger partial charge in [-0.2, -0.15) is 0 Å². The SMILES string of the molecule is O=C1CCCC2CN(C(=O)c3ccc(F)c(F)c3)CC2N1. The first-order valence-electron chi connectivity index (χ1n) is 7.08. The van der Waals surface area contributed by atoms with E-state index < -0.39 is 11.6 Å². The number of halogens is 2. The molecule has 3 rings (SSSR count). The third kappa shape index (κ3) is 2.75. The molecule has 0 bridgehead atoms. The van der Waals surface area contributed by atoms with E-state index >= 15 is 0 Å². The summed E-state index contributed by atoms with van der Waals surface area (Å²) in [7, 11) is 0. The van der Waals surface area contributed by atoms with Crippen molar-refractivity contribution in [2.45, 2.75) is 25.3 Å². The van der Waals surface area contributed by atoms with Crippen LogP contribution in [0.3, 0.4) is 0 Å². The van der Waals surface area contributed by atoms with Crippen molar-refractivity contribution in [2.24, 2.45) is 5.92 Å². The number of carbonyl (C=O) groups excluding carboxylic acids is 2. The third-order valence-corrected chi connectivity index (χ3v) is 4.22. The Morgan fingerprint density at radius 2 is 2.05 bits per heavy atom. The van der Waals surface area contributed by atoms with E-state index in [1.807, 2.05) is 0 Å². The average molecular weight is 294 g/mol. The maximum Gasteiger partial charge on any atom is 0.254 e. The molecule has 1 aromatic carbocycles. The second kappa shape index (κ2) is 5.42. The molecule has 0 aliphatic carbocycles. The minimum atomic E-state index is -1.03. The van der Waals surface area contributed by atoms with Crippen molar-refractivity contribution in [1.82, 2.24) is 10.2 Å². The van der Waals surface area contributed by atoms with E-state index in [2.05, 4.69) is 5.32 Å². The van der Waals surface area contributed by atoms with Crippen LogP contribution < -0.4 is 5.32 Å². The average Bonchev–Trinajstić information content (AvgIpc) is 2.76. The van der Waals surface area contributed by atoms with Gasteiger partial charge in [-0.1, -0.05) is 0 Å². The molecule has 21 heavy (non-hydrogen) atoms. The lowest BCUT2D eigenvalue weighted by Crippen LogP contribution is -2.39. The van der Waals surface area contributed by atoms with Crippen LogP contribution in [0, 0.1) is 17.6 Å². The van der Waals surface area contributed by atoms with E-state index in [9.17, 15) is 18.4 Å². The Bertz CT molecular complexity index is 591. The van der Waals surface area contributed by atoms with Gasteiger partial charge in [0.15, 0.2) is 11.6 Å². The van der Waals surface area contributed by atoms with E-state index in [0.29, 0.717) is 19.5 Å². The van der Waals surface area contributed by atoms with Crippen LogP contribution in [0.2, 0.25) is 0 Å². The molecule has 0 aromatic heterocycles. The molecule has 1 aromatic rings. The predicted octanol–water partition coefficient (Wildman–Crippen LogP) is 1.71. The zero-order chi connectivity index (χ0) is 15.0. The fourth-order valence-corrected chi connectivity index (χ4v) is 3.11. The second-order valence-corrected chi connectivity index (χ2v) is 5.67. The standard InChI is InChI=1S/C15H16F2N2O2/c16-11-5-4-9(6-12(11)17)15(21)19-7-10-2-1-3-14(20)18-13(10)8-19/h4-6,10,13H,1-3,7-8H2,(H,18,20). The van der Waals surface area contributed by atoms with Crippen molar-refractivity contribution in [1.29, 1.82) is 0 Å². The van der Waals surface area contributed by atoms with Crippen LogP contribution in [0.1, 0.15) is 29.6 Å². The molecule has 2 amide bonds. The van der Waals surface area contributed by atoms with Crippen molar-refractivity contribution in [3.05, 3.63) is 35.4 Å². The maximum atomic E-state index is 13.2. The van der Waals surface area contributed by atoms with E-state index in [1.165, 1.54) is 6.07 Å². The van der Waals surface area contributed by atoms with Gasteiger partial charge in [-0.05, 0) is 37.0 Å². The number of fused-ring (bicyclic) bond motifs is 1. The van der Waals surface area contributed by atoms with Crippen LogP contribution in [0.15, 0.2) is 18.2 Å². The quantitative estimate of drug-likeness (QED) is 0.857. The molecule has 1 N–H and O–H groups in total. The van der Waals surface area contributed by atoms with Gasteiger partial charge < -0.3 is 10.2 Å². The Hall–Kier alpha value is -1.98. The summed E-state index contributed by atoms with van der Waals surface area (Å²) in [5.41, 5.74) is 0.136. The molecule has 2 unspecified atom stereocenters. The Morgan fingerprint density at radius 3 is 2.81 bits per heavy atom. The van der Waals surface area contributed by atoms with E-state index in [4.69, 9.17) is 0 Å². The Labute approximate surface area is 121 Å². The summed E-state index contributed by atoms with van der Waals surface area (Å²) < 4.78 is 26.1. The van der Waals surface area contributed by atoms with Crippen molar-refractivity contribution >= 4 is 11.8 Å². The highest BCUT2D eigenvalue weighted by atomic mass is 19.2. The number of hydrogen-bond acceptors (Lipinski definition) is 2. The van der Waals surface area contributed by atoms with Crippen LogP contribution in [0.25, 0.3) is 0 Å². The number of nitrogens with zero attached hydrogens (tertiary/aromatic N) is 1. The maximum absolute atomic E-state index is 13.2. The van der Waals surface area contributed by atoms with Gasteiger partial charge in [0.2, 0.25) is 5.91 Å². The molecule has 4 nitrogen and oxygen atoms in total. The molecule has 2 saturated heterocycles. The lowest BCUT2D eigenvalue weighted by molar-refractivity contribution is -0.121. The van der Waals surface area contributed by atoms with Crippen LogP contribution in [-0.2, 0) is 4.79 Å². The molecule has 2 atom stereocenters. The van der Waals surface area contributed by atoms with Crippen molar-refractivity contribution in [3.8, 4) is 0 Å². The largest absolute Gasteiger partial charge is 0.351 e. The number of hydrogen-bond donors (Lipinski definition) is 1. The van der Waals surface area contributed by atoms with Crippen LogP contribution in [-0.4, -0.2) is 35.8 Å². The molecule has 0 radical (unpaired) electrons. The van der Waals surface area contributed by atoms with Gasteiger partial charge in [0.05, 0.1) is 6.04 Å². The highest BCUT2D eigenvalue weighted by Crippen LogP contribution is 2.26. The van der Waals surface area contributed by atoms with Gasteiger partial charge >= 0.3 is 0 Å². The monoisotopic (exact) mass is 294 g/mol. The number of likely N-dealkylation sites (tertiary alicyclic amines) is 1. The first-order chi connectivity index (χ1) is 10.0. The number of rotatable bonds is 1. The summed E-state index contributed by atoms with van der Waals surface area (Å²) in [4.78, 5) is 25.5. The summed E-state index contributed by atoms with van der Waals surface area (Å²) in [5.74, 6) is -2.06. The van der Waals surface area contributed by atoms with E-state index in [0.717, 1.165) is 25.0 Å². The molecule has 0 saturated carbocycles. The van der Waals surface area contributed by atoms with E-state index in [-0.39, 0.29) is 29.3 Å². The van der Waals surface area contributed by atoms with Crippen LogP contribution in [0.4, 0.5) is 8.78 Å². The van der Waals surface area contributed by atoms with Crippen molar-refractivity contribution in [3.63, 3.8) is 0 Å². The zero-order valence-corrected chi connectivity index (χ0v) is 11.4. The van der Waals surface area contributed by atoms with Gasteiger partial charge in [0, 0.05) is 25.1 Å². The topological polar surface area (TPSA) is 49.4 Å². The normalized spacial score (nSPS) is 25.2. The second-order valence-electron chi connectivity index (χ2n) is 5.67. The fourth-order valence-electron chi connectivity index (χ4n) is 3.11. The summed E-state index contributed by atoms with van der Waals surface area (Å²) in [6.45, 7) is 0.969. The number of amides is 2. The number of nitrogens with one attached hydrogen (secondary N) is 1. The fraction of sp³-hybridized carbons (Fsp3) is 0.467. The van der Waals surface area contributed by atoms with Gasteiger partial charge in [-0.25, -0.2) is 8.78 Å². The summed E-state index contributed by atoms with van der Waals surface area (Å²) in [6, 6.07) is 3.13. The third-order valence-electron chi connectivity index (χ3n) is 4.22.